The first-order valence-electron chi connectivity index (χ1n) is 11.9. The second-order valence-electron chi connectivity index (χ2n) is 8.94. The smallest absolute Gasteiger partial charge is 0.338 e. The fourth-order valence-electron chi connectivity index (χ4n) is 4.11. The van der Waals surface area contributed by atoms with Gasteiger partial charge in [0.15, 0.2) is 9.84 Å². The van der Waals surface area contributed by atoms with E-state index in [4.69, 9.17) is 5.10 Å². The molecule has 200 valence electrons. The van der Waals surface area contributed by atoms with Gasteiger partial charge in [0.25, 0.3) is 0 Å². The first-order valence-corrected chi connectivity index (χ1v) is 13.8. The van der Waals surface area contributed by atoms with E-state index in [1.807, 2.05) is 47.2 Å². The van der Waals surface area contributed by atoms with Crippen LogP contribution in [0.1, 0.15) is 30.1 Å². The number of aryl methyl sites for hydroxylation is 1. The highest BCUT2D eigenvalue weighted by Gasteiger charge is 2.30. The van der Waals surface area contributed by atoms with Crippen molar-refractivity contribution in [1.82, 2.24) is 15.1 Å². The van der Waals surface area contributed by atoms with Crippen LogP contribution >= 0.6 is 0 Å². The second kappa shape index (κ2) is 11.3. The van der Waals surface area contributed by atoms with Gasteiger partial charge in [0.1, 0.15) is 0 Å². The first kappa shape index (κ1) is 27.2. The molecule has 1 unspecified atom stereocenters. The van der Waals surface area contributed by atoms with E-state index in [2.05, 4.69) is 10.6 Å². The predicted octanol–water partition coefficient (Wildman–Crippen LogP) is 5.75. The Kier molecular flexibility index (Phi) is 8.05. The predicted molar refractivity (Wildman–Crippen MR) is 140 cm³/mol. The summed E-state index contributed by atoms with van der Waals surface area (Å²) >= 11 is 0. The summed E-state index contributed by atoms with van der Waals surface area (Å²) < 4.78 is 64.2. The lowest BCUT2D eigenvalue weighted by molar-refractivity contribution is -0.137. The number of hydrogen-bond acceptors (Lipinski definition) is 4. The number of nitrogens with zero attached hydrogens (tertiary/aromatic N) is 2. The average molecular weight is 545 g/mol. The molecule has 0 saturated heterocycles. The van der Waals surface area contributed by atoms with Crippen LogP contribution in [0.5, 0.6) is 0 Å². The van der Waals surface area contributed by atoms with Crippen LogP contribution < -0.4 is 10.6 Å². The Morgan fingerprint density at radius 1 is 1.11 bits per heavy atom. The molecule has 1 aromatic heterocycles. The molecule has 38 heavy (non-hydrogen) atoms. The van der Waals surface area contributed by atoms with Gasteiger partial charge < -0.3 is 10.6 Å². The molecule has 11 heteroatoms. The number of anilines is 1. The molecule has 1 aliphatic carbocycles. The molecule has 0 spiro atoms. The molecule has 2 amide bonds. The standard InChI is InChI=1S/C27H27F3N4O3S/c1-38(36,37)24-14-12-23(13-15-24)34-25(19-7-3-2-4-8-19)18-22(33-34)11-6-16-31-26(35)32-21-10-5-9-20(17-21)27(28,29)30/h2-5,7-10,12,14-15,17-18,23H,6,11,13,16H2,1H3,(H2,31,32,35). The fourth-order valence-corrected chi connectivity index (χ4v) is 4.84. The normalized spacial score (nSPS) is 15.7. The van der Waals surface area contributed by atoms with E-state index < -0.39 is 27.6 Å². The van der Waals surface area contributed by atoms with Gasteiger partial charge in [-0.25, -0.2) is 13.2 Å². The van der Waals surface area contributed by atoms with Crippen LogP contribution in [0.2, 0.25) is 0 Å². The molecule has 2 aromatic carbocycles. The zero-order chi connectivity index (χ0) is 27.3. The molecule has 0 saturated carbocycles. The summed E-state index contributed by atoms with van der Waals surface area (Å²) in [4.78, 5) is 12.4. The Morgan fingerprint density at radius 2 is 1.87 bits per heavy atom. The van der Waals surface area contributed by atoms with Gasteiger partial charge in [-0.3, -0.25) is 4.68 Å². The molecule has 0 aliphatic heterocycles. The minimum absolute atomic E-state index is 0.0530. The van der Waals surface area contributed by atoms with Crippen molar-refractivity contribution < 1.29 is 26.4 Å². The highest BCUT2D eigenvalue weighted by molar-refractivity contribution is 7.94. The van der Waals surface area contributed by atoms with Gasteiger partial charge in [-0.1, -0.05) is 48.6 Å². The van der Waals surface area contributed by atoms with Crippen LogP contribution in [0.25, 0.3) is 11.3 Å². The average Bonchev–Trinajstić information content (AvgIpc) is 3.31. The maximum absolute atomic E-state index is 12.9. The highest BCUT2D eigenvalue weighted by atomic mass is 32.2. The Hall–Kier alpha value is -3.86. The van der Waals surface area contributed by atoms with E-state index in [1.165, 1.54) is 18.4 Å². The number of urea groups is 1. The van der Waals surface area contributed by atoms with Crippen molar-refractivity contribution in [1.29, 1.82) is 0 Å². The summed E-state index contributed by atoms with van der Waals surface area (Å²) in [6.07, 6.45) is 3.41. The van der Waals surface area contributed by atoms with Crippen molar-refractivity contribution in [2.45, 2.75) is 31.5 Å². The quantitative estimate of drug-likeness (QED) is 0.353. The zero-order valence-electron chi connectivity index (χ0n) is 20.6. The zero-order valence-corrected chi connectivity index (χ0v) is 21.4. The van der Waals surface area contributed by atoms with Crippen molar-refractivity contribution in [3.05, 3.63) is 95.1 Å². The lowest BCUT2D eigenvalue weighted by Gasteiger charge is -2.19. The molecule has 1 atom stereocenters. The number of alkyl halides is 3. The van der Waals surface area contributed by atoms with Crippen molar-refractivity contribution in [3.63, 3.8) is 0 Å². The molecule has 3 aromatic rings. The Balaban J connectivity index is 1.38. The lowest BCUT2D eigenvalue weighted by Crippen LogP contribution is -2.29. The van der Waals surface area contributed by atoms with E-state index >= 15 is 0 Å². The third-order valence-electron chi connectivity index (χ3n) is 5.98. The summed E-state index contributed by atoms with van der Waals surface area (Å²) in [5.41, 5.74) is 1.88. The Labute approximate surface area is 219 Å². The van der Waals surface area contributed by atoms with Crippen LogP contribution in [-0.4, -0.2) is 37.0 Å². The number of benzene rings is 2. The van der Waals surface area contributed by atoms with Crippen molar-refractivity contribution in [2.75, 3.05) is 18.1 Å². The van der Waals surface area contributed by atoms with Gasteiger partial charge >= 0.3 is 12.2 Å². The minimum atomic E-state index is -4.49. The van der Waals surface area contributed by atoms with E-state index in [0.717, 1.165) is 29.1 Å². The number of carbonyl (C=O) groups is 1. The van der Waals surface area contributed by atoms with E-state index in [-0.39, 0.29) is 16.6 Å². The van der Waals surface area contributed by atoms with Crippen molar-refractivity contribution in [3.8, 4) is 11.3 Å². The summed E-state index contributed by atoms with van der Waals surface area (Å²) in [5, 5.41) is 9.84. The molecule has 7 nitrogen and oxygen atoms in total. The highest BCUT2D eigenvalue weighted by Crippen LogP contribution is 2.31. The number of hydrogen-bond donors (Lipinski definition) is 2. The fraction of sp³-hybridized carbons (Fsp3) is 0.259. The van der Waals surface area contributed by atoms with E-state index in [0.29, 0.717) is 25.8 Å². The Morgan fingerprint density at radius 3 is 2.53 bits per heavy atom. The number of rotatable bonds is 8. The molecular weight excluding hydrogens is 517 g/mol. The minimum Gasteiger partial charge on any atom is -0.338 e. The summed E-state index contributed by atoms with van der Waals surface area (Å²) in [6, 6.07) is 15.4. The van der Waals surface area contributed by atoms with Crippen molar-refractivity contribution in [2.24, 2.45) is 0 Å². The molecule has 0 fully saturated rings. The van der Waals surface area contributed by atoms with Gasteiger partial charge in [0, 0.05) is 18.5 Å². The topological polar surface area (TPSA) is 93.1 Å². The monoisotopic (exact) mass is 544 g/mol. The number of amides is 2. The van der Waals surface area contributed by atoms with Crippen LogP contribution in [0, 0.1) is 0 Å². The SMILES string of the molecule is CS(=O)(=O)C1=CCC(n2nc(CCCNC(=O)Nc3cccc(C(F)(F)F)c3)cc2-c2ccccc2)C=C1. The van der Waals surface area contributed by atoms with E-state index in [9.17, 15) is 26.4 Å². The third-order valence-corrected chi connectivity index (χ3v) is 7.14. The number of allylic oxidation sites excluding steroid dienone is 3. The molecular formula is C27H27F3N4O3S. The van der Waals surface area contributed by atoms with Crippen LogP contribution in [0.4, 0.5) is 23.7 Å². The van der Waals surface area contributed by atoms with Gasteiger partial charge in [-0.05, 0) is 55.2 Å². The number of halogens is 3. The molecule has 1 heterocycles. The molecule has 1 aliphatic rings. The molecule has 2 N–H and O–H groups in total. The van der Waals surface area contributed by atoms with Gasteiger partial charge in [-0.15, -0.1) is 0 Å². The van der Waals surface area contributed by atoms with Gasteiger partial charge in [0.05, 0.1) is 27.9 Å². The third kappa shape index (κ3) is 6.91. The molecule has 0 radical (unpaired) electrons. The van der Waals surface area contributed by atoms with E-state index in [1.54, 1.807) is 12.2 Å². The van der Waals surface area contributed by atoms with Gasteiger partial charge in [-0.2, -0.15) is 18.3 Å². The summed E-state index contributed by atoms with van der Waals surface area (Å²) in [7, 11) is -3.28. The maximum Gasteiger partial charge on any atom is 0.416 e. The van der Waals surface area contributed by atoms with Gasteiger partial charge in [0.2, 0.25) is 0 Å². The number of aromatic nitrogens is 2. The van der Waals surface area contributed by atoms with Crippen LogP contribution in [0.3, 0.4) is 0 Å². The second-order valence-corrected chi connectivity index (χ2v) is 11.0. The van der Waals surface area contributed by atoms with Crippen LogP contribution in [0.15, 0.2) is 83.8 Å². The van der Waals surface area contributed by atoms with Crippen molar-refractivity contribution >= 4 is 21.6 Å². The first-order chi connectivity index (χ1) is 18.0. The van der Waals surface area contributed by atoms with Crippen LogP contribution in [-0.2, 0) is 22.4 Å². The lowest BCUT2D eigenvalue weighted by atomic mass is 10.1. The summed E-state index contributed by atoms with van der Waals surface area (Å²) in [5.74, 6) is 0. The molecule has 0 bridgehead atoms. The molecule has 4 rings (SSSR count). The maximum atomic E-state index is 12.9. The number of nitrogens with one attached hydrogen (secondary N) is 2. The largest absolute Gasteiger partial charge is 0.416 e. The Bertz CT molecular complexity index is 1460. The number of carbonyl (C=O) groups excluding carboxylic acids is 1. The number of sulfone groups is 1. The summed E-state index contributed by atoms with van der Waals surface area (Å²) in [6.45, 7) is 0.294.